The quantitative estimate of drug-likeness (QED) is 0.813. The summed E-state index contributed by atoms with van der Waals surface area (Å²) in [5.74, 6) is 0.144. The molecule has 2 amide bonds. The fourth-order valence-electron chi connectivity index (χ4n) is 2.60. The van der Waals surface area contributed by atoms with E-state index in [4.69, 9.17) is 4.74 Å². The lowest BCUT2D eigenvalue weighted by Crippen LogP contribution is -2.46. The van der Waals surface area contributed by atoms with Crippen LogP contribution in [0.3, 0.4) is 0 Å². The van der Waals surface area contributed by atoms with Crippen LogP contribution in [0.1, 0.15) is 38.7 Å². The number of benzene rings is 2. The van der Waals surface area contributed by atoms with Gasteiger partial charge in [-0.25, -0.2) is 0 Å². The minimum absolute atomic E-state index is 0.159. The standard InChI is InChI=1S/C20H26N2O3/c1-5-10-21-20(24)14(3)22-19(23)13(2)15-6-7-17-12-18(25-4)9-8-16(17)11-15/h6-9,11-14H,5,10H2,1-4H3,(H,21,24)(H,22,23)/t13-,14-/m0/s1. The van der Waals surface area contributed by atoms with Gasteiger partial charge in [0.05, 0.1) is 13.0 Å². The molecule has 0 fully saturated rings. The molecule has 0 bridgehead atoms. The highest BCUT2D eigenvalue weighted by Crippen LogP contribution is 2.25. The number of hydrogen-bond donors (Lipinski definition) is 2. The Bertz CT molecular complexity index is 758. The van der Waals surface area contributed by atoms with E-state index in [2.05, 4.69) is 10.6 Å². The molecule has 2 rings (SSSR count). The van der Waals surface area contributed by atoms with Crippen LogP contribution in [-0.4, -0.2) is 31.5 Å². The van der Waals surface area contributed by atoms with Gasteiger partial charge in [-0.3, -0.25) is 9.59 Å². The molecule has 0 aromatic heterocycles. The number of amides is 2. The molecule has 2 atom stereocenters. The molecule has 2 N–H and O–H groups in total. The van der Waals surface area contributed by atoms with E-state index in [1.165, 1.54) is 0 Å². The second kappa shape index (κ2) is 8.51. The lowest BCUT2D eigenvalue weighted by atomic mass is 9.96. The zero-order chi connectivity index (χ0) is 18.4. The number of carbonyl (C=O) groups excluding carboxylic acids is 2. The van der Waals surface area contributed by atoms with E-state index in [0.717, 1.165) is 28.5 Å². The highest BCUT2D eigenvalue weighted by molar-refractivity contribution is 5.91. The summed E-state index contributed by atoms with van der Waals surface area (Å²) in [5.41, 5.74) is 0.913. The third kappa shape index (κ3) is 4.72. The van der Waals surface area contributed by atoms with Crippen LogP contribution in [0.5, 0.6) is 5.75 Å². The lowest BCUT2D eigenvalue weighted by molar-refractivity contribution is -0.129. The maximum atomic E-state index is 12.5. The van der Waals surface area contributed by atoms with Crippen molar-refractivity contribution in [3.63, 3.8) is 0 Å². The first-order valence-corrected chi connectivity index (χ1v) is 8.62. The van der Waals surface area contributed by atoms with Gasteiger partial charge >= 0.3 is 0 Å². The molecular formula is C20H26N2O3. The molecule has 2 aromatic carbocycles. The largest absolute Gasteiger partial charge is 0.497 e. The van der Waals surface area contributed by atoms with E-state index in [9.17, 15) is 9.59 Å². The van der Waals surface area contributed by atoms with Crippen molar-refractivity contribution in [1.82, 2.24) is 10.6 Å². The minimum Gasteiger partial charge on any atom is -0.497 e. The molecule has 134 valence electrons. The molecule has 0 saturated heterocycles. The molecular weight excluding hydrogens is 316 g/mol. The molecule has 25 heavy (non-hydrogen) atoms. The van der Waals surface area contributed by atoms with Crippen LogP contribution < -0.4 is 15.4 Å². The highest BCUT2D eigenvalue weighted by atomic mass is 16.5. The lowest BCUT2D eigenvalue weighted by Gasteiger charge is -2.18. The van der Waals surface area contributed by atoms with E-state index in [1.54, 1.807) is 14.0 Å². The number of hydrogen-bond acceptors (Lipinski definition) is 3. The Labute approximate surface area is 148 Å². The normalized spacial score (nSPS) is 13.1. The van der Waals surface area contributed by atoms with E-state index in [1.807, 2.05) is 50.2 Å². The van der Waals surface area contributed by atoms with Gasteiger partial charge in [-0.05, 0) is 48.7 Å². The molecule has 0 aliphatic rings. The fraction of sp³-hybridized carbons (Fsp3) is 0.400. The van der Waals surface area contributed by atoms with Crippen molar-refractivity contribution < 1.29 is 14.3 Å². The van der Waals surface area contributed by atoms with Crippen LogP contribution >= 0.6 is 0 Å². The molecule has 0 unspecified atom stereocenters. The minimum atomic E-state index is -0.550. The van der Waals surface area contributed by atoms with Gasteiger partial charge in [0.25, 0.3) is 0 Å². The number of carbonyl (C=O) groups is 2. The Morgan fingerprint density at radius 1 is 1.04 bits per heavy atom. The van der Waals surface area contributed by atoms with Crippen LogP contribution in [0, 0.1) is 0 Å². The molecule has 0 aliphatic heterocycles. The van der Waals surface area contributed by atoms with Gasteiger partial charge < -0.3 is 15.4 Å². The van der Waals surface area contributed by atoms with Gasteiger partial charge in [0.15, 0.2) is 0 Å². The predicted octanol–water partition coefficient (Wildman–Crippen LogP) is 2.98. The Kier molecular flexibility index (Phi) is 6.39. The molecule has 5 nitrogen and oxygen atoms in total. The average molecular weight is 342 g/mol. The first kappa shape index (κ1) is 18.8. The first-order valence-electron chi connectivity index (χ1n) is 8.62. The van der Waals surface area contributed by atoms with Gasteiger partial charge in [-0.1, -0.05) is 31.2 Å². The monoisotopic (exact) mass is 342 g/mol. The summed E-state index contributed by atoms with van der Waals surface area (Å²) in [6, 6.07) is 11.2. The molecule has 0 heterocycles. The van der Waals surface area contributed by atoms with Crippen LogP contribution in [0.15, 0.2) is 36.4 Å². The summed E-state index contributed by atoms with van der Waals surface area (Å²) >= 11 is 0. The highest BCUT2D eigenvalue weighted by Gasteiger charge is 2.20. The molecule has 2 aromatic rings. The molecule has 0 aliphatic carbocycles. The SMILES string of the molecule is CCCNC(=O)[C@H](C)NC(=O)[C@@H](C)c1ccc2cc(OC)ccc2c1. The van der Waals surface area contributed by atoms with Gasteiger partial charge in [0.2, 0.25) is 11.8 Å². The number of nitrogens with one attached hydrogen (secondary N) is 2. The van der Waals surface area contributed by atoms with Crippen LogP contribution in [0.4, 0.5) is 0 Å². The molecule has 0 saturated carbocycles. The van der Waals surface area contributed by atoms with Crippen molar-refractivity contribution in [1.29, 1.82) is 0 Å². The Morgan fingerprint density at radius 3 is 2.40 bits per heavy atom. The molecule has 0 radical (unpaired) electrons. The van der Waals surface area contributed by atoms with Crippen LogP contribution in [0.2, 0.25) is 0 Å². The molecule has 0 spiro atoms. The van der Waals surface area contributed by atoms with Gasteiger partial charge in [0.1, 0.15) is 11.8 Å². The second-order valence-electron chi connectivity index (χ2n) is 6.22. The summed E-state index contributed by atoms with van der Waals surface area (Å²) in [6.07, 6.45) is 0.866. The van der Waals surface area contributed by atoms with Crippen LogP contribution in [-0.2, 0) is 9.59 Å². The zero-order valence-electron chi connectivity index (χ0n) is 15.3. The van der Waals surface area contributed by atoms with Crippen molar-refractivity contribution in [2.24, 2.45) is 0 Å². The zero-order valence-corrected chi connectivity index (χ0v) is 15.3. The number of fused-ring (bicyclic) bond motifs is 1. The van der Waals surface area contributed by atoms with Crippen molar-refractivity contribution in [3.05, 3.63) is 42.0 Å². The van der Waals surface area contributed by atoms with Crippen molar-refractivity contribution in [2.45, 2.75) is 39.2 Å². The van der Waals surface area contributed by atoms with Crippen LogP contribution in [0.25, 0.3) is 10.8 Å². The van der Waals surface area contributed by atoms with E-state index < -0.39 is 6.04 Å². The number of methoxy groups -OCH3 is 1. The van der Waals surface area contributed by atoms with Crippen molar-refractivity contribution in [3.8, 4) is 5.75 Å². The predicted molar refractivity (Wildman–Crippen MR) is 99.8 cm³/mol. The Balaban J connectivity index is 2.08. The maximum Gasteiger partial charge on any atom is 0.242 e. The van der Waals surface area contributed by atoms with Crippen molar-refractivity contribution in [2.75, 3.05) is 13.7 Å². The third-order valence-electron chi connectivity index (χ3n) is 4.27. The molecule has 5 heteroatoms. The summed E-state index contributed by atoms with van der Waals surface area (Å²) in [7, 11) is 1.64. The van der Waals surface area contributed by atoms with Gasteiger partial charge in [0, 0.05) is 6.54 Å². The van der Waals surface area contributed by atoms with E-state index in [-0.39, 0.29) is 17.7 Å². The van der Waals surface area contributed by atoms with Crippen molar-refractivity contribution >= 4 is 22.6 Å². The smallest absolute Gasteiger partial charge is 0.242 e. The summed E-state index contributed by atoms with van der Waals surface area (Å²) < 4.78 is 5.23. The second-order valence-corrected chi connectivity index (χ2v) is 6.22. The van der Waals surface area contributed by atoms with Gasteiger partial charge in [-0.2, -0.15) is 0 Å². The average Bonchev–Trinajstić information content (AvgIpc) is 2.64. The summed E-state index contributed by atoms with van der Waals surface area (Å²) in [5, 5.41) is 7.67. The summed E-state index contributed by atoms with van der Waals surface area (Å²) in [4.78, 5) is 24.4. The van der Waals surface area contributed by atoms with E-state index in [0.29, 0.717) is 6.54 Å². The Hall–Kier alpha value is -2.56. The fourth-order valence-corrected chi connectivity index (χ4v) is 2.60. The number of ether oxygens (including phenoxy) is 1. The van der Waals surface area contributed by atoms with E-state index >= 15 is 0 Å². The number of rotatable bonds is 7. The maximum absolute atomic E-state index is 12.5. The Morgan fingerprint density at radius 2 is 1.72 bits per heavy atom. The third-order valence-corrected chi connectivity index (χ3v) is 4.27. The topological polar surface area (TPSA) is 67.4 Å². The van der Waals surface area contributed by atoms with Gasteiger partial charge in [-0.15, -0.1) is 0 Å². The first-order chi connectivity index (χ1) is 12.0. The summed E-state index contributed by atoms with van der Waals surface area (Å²) in [6.45, 7) is 6.14.